The number of nitrogens with two attached hydrogens (primary N) is 1. The number of amides is 1. The van der Waals surface area contributed by atoms with Gasteiger partial charge in [-0.05, 0) is 30.7 Å². The first-order valence-corrected chi connectivity index (χ1v) is 6.49. The number of nitrogens with zero attached hydrogens (tertiary/aromatic N) is 2. The largest absolute Gasteiger partial charge is 0.409 e. The minimum absolute atomic E-state index is 0.0393. The number of hydrogen-bond acceptors (Lipinski definition) is 4. The minimum Gasteiger partial charge on any atom is -0.409 e. The van der Waals surface area contributed by atoms with E-state index in [0.29, 0.717) is 12.1 Å². The van der Waals surface area contributed by atoms with E-state index >= 15 is 0 Å². The summed E-state index contributed by atoms with van der Waals surface area (Å²) in [5.41, 5.74) is 6.31. The number of thiophene rings is 1. The molecule has 1 fully saturated rings. The molecule has 5 nitrogen and oxygen atoms in total. The van der Waals surface area contributed by atoms with Crippen molar-refractivity contribution >= 4 is 23.1 Å². The number of piperidine rings is 1. The SMILES string of the molecule is NC(=NO)C1CCCCN1C(=O)c1ccsc1. The summed E-state index contributed by atoms with van der Waals surface area (Å²) >= 11 is 1.49. The second kappa shape index (κ2) is 5.18. The molecule has 3 N–H and O–H groups in total. The maximum atomic E-state index is 12.2. The molecule has 1 aromatic rings. The fourth-order valence-electron chi connectivity index (χ4n) is 2.10. The number of amidine groups is 1. The molecule has 0 aliphatic carbocycles. The van der Waals surface area contributed by atoms with Crippen LogP contribution in [0, 0.1) is 0 Å². The summed E-state index contributed by atoms with van der Waals surface area (Å²) in [6.07, 6.45) is 2.71. The monoisotopic (exact) mass is 253 g/mol. The van der Waals surface area contributed by atoms with Crippen molar-refractivity contribution in [2.75, 3.05) is 6.54 Å². The normalized spacial score (nSPS) is 21.5. The maximum Gasteiger partial charge on any atom is 0.255 e. The van der Waals surface area contributed by atoms with Crippen LogP contribution in [-0.4, -0.2) is 34.4 Å². The van der Waals surface area contributed by atoms with Gasteiger partial charge in [0.1, 0.15) is 0 Å². The fourth-order valence-corrected chi connectivity index (χ4v) is 2.73. The van der Waals surface area contributed by atoms with Gasteiger partial charge in [0, 0.05) is 11.9 Å². The lowest BCUT2D eigenvalue weighted by atomic mass is 10.0. The molecular weight excluding hydrogens is 238 g/mol. The molecule has 1 unspecified atom stereocenters. The van der Waals surface area contributed by atoms with E-state index in [4.69, 9.17) is 10.9 Å². The molecule has 6 heteroatoms. The summed E-state index contributed by atoms with van der Waals surface area (Å²) in [6, 6.07) is 1.52. The van der Waals surface area contributed by atoms with Gasteiger partial charge in [0.2, 0.25) is 0 Å². The first-order chi connectivity index (χ1) is 8.24. The van der Waals surface area contributed by atoms with Gasteiger partial charge in [-0.25, -0.2) is 0 Å². The van der Waals surface area contributed by atoms with Crippen molar-refractivity contribution in [2.45, 2.75) is 25.3 Å². The third kappa shape index (κ3) is 2.41. The van der Waals surface area contributed by atoms with Crippen LogP contribution in [-0.2, 0) is 0 Å². The highest BCUT2D eigenvalue weighted by Crippen LogP contribution is 2.20. The predicted octanol–water partition coefficient (Wildman–Crippen LogP) is 1.49. The molecule has 0 aromatic carbocycles. The van der Waals surface area contributed by atoms with Gasteiger partial charge in [0.05, 0.1) is 11.6 Å². The smallest absolute Gasteiger partial charge is 0.255 e. The molecule has 1 aliphatic rings. The molecule has 92 valence electrons. The Bertz CT molecular complexity index is 416. The predicted molar refractivity (Wildman–Crippen MR) is 66.4 cm³/mol. The maximum absolute atomic E-state index is 12.2. The van der Waals surface area contributed by atoms with Crippen molar-refractivity contribution in [1.29, 1.82) is 0 Å². The Balaban J connectivity index is 2.19. The van der Waals surface area contributed by atoms with Gasteiger partial charge < -0.3 is 15.8 Å². The van der Waals surface area contributed by atoms with Gasteiger partial charge >= 0.3 is 0 Å². The first-order valence-electron chi connectivity index (χ1n) is 5.54. The molecule has 1 amide bonds. The fraction of sp³-hybridized carbons (Fsp3) is 0.455. The quantitative estimate of drug-likeness (QED) is 0.363. The molecular formula is C11H15N3O2S. The van der Waals surface area contributed by atoms with E-state index in [1.165, 1.54) is 11.3 Å². The Kier molecular flexibility index (Phi) is 3.63. The highest BCUT2D eigenvalue weighted by Gasteiger charge is 2.30. The lowest BCUT2D eigenvalue weighted by Crippen LogP contribution is -2.50. The third-order valence-electron chi connectivity index (χ3n) is 2.99. The molecule has 2 rings (SSSR count). The van der Waals surface area contributed by atoms with Crippen molar-refractivity contribution < 1.29 is 10.0 Å². The van der Waals surface area contributed by atoms with Crippen molar-refractivity contribution in [3.05, 3.63) is 22.4 Å². The van der Waals surface area contributed by atoms with Crippen molar-refractivity contribution in [2.24, 2.45) is 10.9 Å². The van der Waals surface area contributed by atoms with Crippen LogP contribution in [0.15, 0.2) is 22.0 Å². The summed E-state index contributed by atoms with van der Waals surface area (Å²) in [7, 11) is 0. The Hall–Kier alpha value is -1.56. The zero-order valence-electron chi connectivity index (χ0n) is 9.37. The van der Waals surface area contributed by atoms with E-state index in [1.807, 2.05) is 10.8 Å². The summed E-state index contributed by atoms with van der Waals surface area (Å²) in [4.78, 5) is 13.9. The van der Waals surface area contributed by atoms with Gasteiger partial charge in [-0.1, -0.05) is 5.16 Å². The van der Waals surface area contributed by atoms with Crippen LogP contribution in [0.3, 0.4) is 0 Å². The standard InChI is InChI=1S/C11H15N3O2S/c12-10(13-16)9-3-1-2-5-14(9)11(15)8-4-6-17-7-8/h4,6-7,9,16H,1-3,5H2,(H2,12,13). The van der Waals surface area contributed by atoms with Crippen molar-refractivity contribution in [3.8, 4) is 0 Å². The van der Waals surface area contributed by atoms with E-state index in [0.717, 1.165) is 19.3 Å². The average Bonchev–Trinajstić information content (AvgIpc) is 2.91. The summed E-state index contributed by atoms with van der Waals surface area (Å²) in [5, 5.41) is 15.5. The van der Waals surface area contributed by atoms with Crippen LogP contribution >= 0.6 is 11.3 Å². The second-order valence-electron chi connectivity index (χ2n) is 4.05. The van der Waals surface area contributed by atoms with Gasteiger partial charge in [0.25, 0.3) is 5.91 Å². The minimum atomic E-state index is -0.277. The molecule has 0 bridgehead atoms. The summed E-state index contributed by atoms with van der Waals surface area (Å²) in [5.74, 6) is 0.0795. The van der Waals surface area contributed by atoms with Gasteiger partial charge in [-0.15, -0.1) is 0 Å². The molecule has 0 saturated carbocycles. The van der Waals surface area contributed by atoms with E-state index < -0.39 is 0 Å². The zero-order valence-corrected chi connectivity index (χ0v) is 10.2. The molecule has 1 aliphatic heterocycles. The lowest BCUT2D eigenvalue weighted by molar-refractivity contribution is 0.0677. The number of rotatable bonds is 2. The summed E-state index contributed by atoms with van der Waals surface area (Å²) in [6.45, 7) is 0.662. The summed E-state index contributed by atoms with van der Waals surface area (Å²) < 4.78 is 0. The van der Waals surface area contributed by atoms with E-state index in [2.05, 4.69) is 5.16 Å². The van der Waals surface area contributed by atoms with Crippen LogP contribution in [0.4, 0.5) is 0 Å². The molecule has 0 spiro atoms. The number of likely N-dealkylation sites (tertiary alicyclic amines) is 1. The molecule has 1 aromatic heterocycles. The second-order valence-corrected chi connectivity index (χ2v) is 4.83. The molecule has 17 heavy (non-hydrogen) atoms. The lowest BCUT2D eigenvalue weighted by Gasteiger charge is -2.34. The Labute approximate surface area is 104 Å². The number of hydrogen-bond donors (Lipinski definition) is 2. The highest BCUT2D eigenvalue weighted by molar-refractivity contribution is 7.08. The van der Waals surface area contributed by atoms with E-state index in [-0.39, 0.29) is 17.8 Å². The zero-order chi connectivity index (χ0) is 12.3. The van der Waals surface area contributed by atoms with Crippen molar-refractivity contribution in [3.63, 3.8) is 0 Å². The van der Waals surface area contributed by atoms with Gasteiger partial charge in [0.15, 0.2) is 5.84 Å². The van der Waals surface area contributed by atoms with Crippen LogP contribution in [0.1, 0.15) is 29.6 Å². The van der Waals surface area contributed by atoms with Gasteiger partial charge in [-0.3, -0.25) is 4.79 Å². The Morgan fingerprint density at radius 2 is 2.41 bits per heavy atom. The van der Waals surface area contributed by atoms with Gasteiger partial charge in [-0.2, -0.15) is 11.3 Å². The highest BCUT2D eigenvalue weighted by atomic mass is 32.1. The number of oxime groups is 1. The topological polar surface area (TPSA) is 78.9 Å². The van der Waals surface area contributed by atoms with Crippen LogP contribution < -0.4 is 5.73 Å². The van der Waals surface area contributed by atoms with E-state index in [1.54, 1.807) is 11.0 Å². The number of carbonyl (C=O) groups is 1. The molecule has 2 heterocycles. The Morgan fingerprint density at radius 1 is 1.59 bits per heavy atom. The molecule has 0 radical (unpaired) electrons. The van der Waals surface area contributed by atoms with Crippen LogP contribution in [0.2, 0.25) is 0 Å². The van der Waals surface area contributed by atoms with Crippen LogP contribution in [0.25, 0.3) is 0 Å². The first kappa shape index (κ1) is 11.9. The van der Waals surface area contributed by atoms with Crippen LogP contribution in [0.5, 0.6) is 0 Å². The van der Waals surface area contributed by atoms with E-state index in [9.17, 15) is 4.79 Å². The Morgan fingerprint density at radius 3 is 3.06 bits per heavy atom. The van der Waals surface area contributed by atoms with Crippen molar-refractivity contribution in [1.82, 2.24) is 4.90 Å². The number of carbonyl (C=O) groups excluding carboxylic acids is 1. The molecule has 1 atom stereocenters. The average molecular weight is 253 g/mol. The molecule has 1 saturated heterocycles. The third-order valence-corrected chi connectivity index (χ3v) is 3.67.